The second-order valence-electron chi connectivity index (χ2n) is 7.00. The molecular formula is C19H23ClN4O. The van der Waals surface area contributed by atoms with Gasteiger partial charge in [0.1, 0.15) is 5.69 Å². The number of halogens is 1. The van der Waals surface area contributed by atoms with Gasteiger partial charge in [0.25, 0.3) is 5.91 Å². The van der Waals surface area contributed by atoms with Crippen LogP contribution < -0.4 is 5.32 Å². The molecular weight excluding hydrogens is 336 g/mol. The minimum atomic E-state index is -0.110. The van der Waals surface area contributed by atoms with Crippen molar-refractivity contribution in [2.45, 2.75) is 37.6 Å². The normalized spacial score (nSPS) is 19.1. The summed E-state index contributed by atoms with van der Waals surface area (Å²) in [5.74, 6) is 0.460. The van der Waals surface area contributed by atoms with Gasteiger partial charge in [-0.25, -0.2) is 0 Å². The fourth-order valence-corrected chi connectivity index (χ4v) is 3.66. The van der Waals surface area contributed by atoms with Crippen LogP contribution in [0.3, 0.4) is 0 Å². The molecule has 0 radical (unpaired) electrons. The summed E-state index contributed by atoms with van der Waals surface area (Å²) < 4.78 is 0. The third kappa shape index (κ3) is 3.88. The summed E-state index contributed by atoms with van der Waals surface area (Å²) in [7, 11) is 0. The van der Waals surface area contributed by atoms with Crippen molar-refractivity contribution in [1.29, 1.82) is 0 Å². The van der Waals surface area contributed by atoms with Gasteiger partial charge in [-0.3, -0.25) is 14.8 Å². The van der Waals surface area contributed by atoms with Crippen LogP contribution >= 0.6 is 11.6 Å². The van der Waals surface area contributed by atoms with Gasteiger partial charge in [0.05, 0.1) is 6.04 Å². The number of likely N-dealkylation sites (tertiary alicyclic amines) is 1. The SMILES string of the molecule is O=C(NC[C@H](c1ccc(Cl)cc1)N1CCCC1)c1cc(C2CC2)[nH]n1. The van der Waals surface area contributed by atoms with Crippen molar-refractivity contribution in [3.63, 3.8) is 0 Å². The van der Waals surface area contributed by atoms with E-state index in [1.807, 2.05) is 18.2 Å². The molecule has 2 aliphatic rings. The van der Waals surface area contributed by atoms with Crippen molar-refractivity contribution in [2.24, 2.45) is 0 Å². The number of carbonyl (C=O) groups is 1. The van der Waals surface area contributed by atoms with E-state index in [-0.39, 0.29) is 11.9 Å². The highest BCUT2D eigenvalue weighted by atomic mass is 35.5. The van der Waals surface area contributed by atoms with E-state index in [4.69, 9.17) is 11.6 Å². The summed E-state index contributed by atoms with van der Waals surface area (Å²) in [6.07, 6.45) is 4.80. The molecule has 25 heavy (non-hydrogen) atoms. The lowest BCUT2D eigenvalue weighted by molar-refractivity contribution is 0.0933. The molecule has 0 bridgehead atoms. The number of amides is 1. The standard InChI is InChI=1S/C19H23ClN4O/c20-15-7-5-14(6-8-15)18(24-9-1-2-10-24)12-21-19(25)17-11-16(22-23-17)13-3-4-13/h5-8,11,13,18H,1-4,9-10,12H2,(H,21,25)(H,22,23)/t18-/m1/s1. The minimum absolute atomic E-state index is 0.110. The van der Waals surface area contributed by atoms with Crippen LogP contribution in [-0.2, 0) is 0 Å². The molecule has 1 saturated carbocycles. The van der Waals surface area contributed by atoms with E-state index in [9.17, 15) is 4.79 Å². The van der Waals surface area contributed by atoms with Crippen LogP contribution in [0.5, 0.6) is 0 Å². The summed E-state index contributed by atoms with van der Waals surface area (Å²) in [6.45, 7) is 2.71. The summed E-state index contributed by atoms with van der Waals surface area (Å²) in [6, 6.07) is 9.99. The van der Waals surface area contributed by atoms with Crippen LogP contribution in [0, 0.1) is 0 Å². The Morgan fingerprint density at radius 2 is 2.00 bits per heavy atom. The summed E-state index contributed by atoms with van der Waals surface area (Å²) in [4.78, 5) is 14.9. The molecule has 1 aromatic heterocycles. The molecule has 2 fully saturated rings. The molecule has 2 heterocycles. The first-order chi connectivity index (χ1) is 12.2. The Balaban J connectivity index is 1.44. The van der Waals surface area contributed by atoms with Crippen molar-refractivity contribution >= 4 is 17.5 Å². The number of nitrogens with zero attached hydrogens (tertiary/aromatic N) is 2. The molecule has 2 N–H and O–H groups in total. The number of hydrogen-bond donors (Lipinski definition) is 2. The van der Waals surface area contributed by atoms with Crippen molar-refractivity contribution in [3.05, 3.63) is 52.3 Å². The molecule has 1 aromatic carbocycles. The fourth-order valence-electron chi connectivity index (χ4n) is 3.53. The lowest BCUT2D eigenvalue weighted by atomic mass is 10.1. The van der Waals surface area contributed by atoms with Crippen LogP contribution in [0.15, 0.2) is 30.3 Å². The molecule has 132 valence electrons. The monoisotopic (exact) mass is 358 g/mol. The molecule has 5 nitrogen and oxygen atoms in total. The van der Waals surface area contributed by atoms with E-state index >= 15 is 0 Å². The first kappa shape index (κ1) is 16.6. The third-order valence-corrected chi connectivity index (χ3v) is 5.39. The average molecular weight is 359 g/mol. The topological polar surface area (TPSA) is 61.0 Å². The van der Waals surface area contributed by atoms with Crippen molar-refractivity contribution in [3.8, 4) is 0 Å². The predicted octanol–water partition coefficient (Wildman–Crippen LogP) is 3.51. The first-order valence-corrected chi connectivity index (χ1v) is 9.41. The lowest BCUT2D eigenvalue weighted by Gasteiger charge is -2.28. The second-order valence-corrected chi connectivity index (χ2v) is 7.44. The van der Waals surface area contributed by atoms with Gasteiger partial charge in [0.2, 0.25) is 0 Å². The Kier molecular flexibility index (Phi) is 4.77. The molecule has 2 aromatic rings. The van der Waals surface area contributed by atoms with Crippen LogP contribution in [0.4, 0.5) is 0 Å². The summed E-state index contributed by atoms with van der Waals surface area (Å²) >= 11 is 6.02. The Morgan fingerprint density at radius 1 is 1.28 bits per heavy atom. The third-order valence-electron chi connectivity index (χ3n) is 5.14. The zero-order chi connectivity index (χ0) is 17.2. The molecule has 1 atom stereocenters. The number of carbonyl (C=O) groups excluding carboxylic acids is 1. The van der Waals surface area contributed by atoms with E-state index in [1.165, 1.54) is 31.2 Å². The van der Waals surface area contributed by atoms with Gasteiger partial charge in [-0.1, -0.05) is 23.7 Å². The van der Waals surface area contributed by atoms with Crippen LogP contribution in [-0.4, -0.2) is 40.6 Å². The maximum atomic E-state index is 12.5. The van der Waals surface area contributed by atoms with Gasteiger partial charge in [-0.2, -0.15) is 5.10 Å². The second kappa shape index (κ2) is 7.18. The molecule has 1 aliphatic heterocycles. The summed E-state index contributed by atoms with van der Waals surface area (Å²) in [5, 5.41) is 11.0. The molecule has 1 amide bonds. The highest BCUT2D eigenvalue weighted by Gasteiger charge is 2.27. The van der Waals surface area contributed by atoms with E-state index < -0.39 is 0 Å². The molecule has 0 unspecified atom stereocenters. The highest BCUT2D eigenvalue weighted by molar-refractivity contribution is 6.30. The van der Waals surface area contributed by atoms with Crippen molar-refractivity contribution < 1.29 is 4.79 Å². The molecule has 4 rings (SSSR count). The maximum Gasteiger partial charge on any atom is 0.271 e. The predicted molar refractivity (Wildman–Crippen MR) is 97.9 cm³/mol. The number of hydrogen-bond acceptors (Lipinski definition) is 3. The maximum absolute atomic E-state index is 12.5. The van der Waals surface area contributed by atoms with Crippen molar-refractivity contribution in [1.82, 2.24) is 20.4 Å². The fraction of sp³-hybridized carbons (Fsp3) is 0.474. The Labute approximate surface area is 152 Å². The number of nitrogens with one attached hydrogen (secondary N) is 2. The molecule has 1 saturated heterocycles. The van der Waals surface area contributed by atoms with Gasteiger partial charge in [0, 0.05) is 23.2 Å². The average Bonchev–Trinajstić information content (AvgIpc) is 3.12. The Bertz CT molecular complexity index is 732. The van der Waals surface area contributed by atoms with E-state index in [0.29, 0.717) is 18.2 Å². The number of aromatic nitrogens is 2. The molecule has 1 aliphatic carbocycles. The Morgan fingerprint density at radius 3 is 2.68 bits per heavy atom. The Hall–Kier alpha value is -1.85. The number of rotatable bonds is 6. The van der Waals surface area contributed by atoms with Crippen LogP contribution in [0.2, 0.25) is 5.02 Å². The molecule has 6 heteroatoms. The van der Waals surface area contributed by atoms with E-state index in [2.05, 4.69) is 32.5 Å². The summed E-state index contributed by atoms with van der Waals surface area (Å²) in [5.41, 5.74) is 2.75. The first-order valence-electron chi connectivity index (χ1n) is 9.04. The zero-order valence-electron chi connectivity index (χ0n) is 14.2. The number of benzene rings is 1. The zero-order valence-corrected chi connectivity index (χ0v) is 14.9. The lowest BCUT2D eigenvalue weighted by Crippen LogP contribution is -2.36. The smallest absolute Gasteiger partial charge is 0.271 e. The largest absolute Gasteiger partial charge is 0.349 e. The minimum Gasteiger partial charge on any atom is -0.349 e. The molecule has 0 spiro atoms. The number of aromatic amines is 1. The van der Waals surface area contributed by atoms with Gasteiger partial charge in [-0.05, 0) is 62.5 Å². The van der Waals surface area contributed by atoms with Gasteiger partial charge >= 0.3 is 0 Å². The van der Waals surface area contributed by atoms with Gasteiger partial charge in [-0.15, -0.1) is 0 Å². The van der Waals surface area contributed by atoms with Crippen LogP contribution in [0.1, 0.15) is 59.4 Å². The van der Waals surface area contributed by atoms with Gasteiger partial charge < -0.3 is 5.32 Å². The van der Waals surface area contributed by atoms with E-state index in [0.717, 1.165) is 23.8 Å². The van der Waals surface area contributed by atoms with Crippen molar-refractivity contribution in [2.75, 3.05) is 19.6 Å². The van der Waals surface area contributed by atoms with E-state index in [1.54, 1.807) is 0 Å². The highest BCUT2D eigenvalue weighted by Crippen LogP contribution is 2.39. The van der Waals surface area contributed by atoms with Gasteiger partial charge in [0.15, 0.2) is 0 Å². The quantitative estimate of drug-likeness (QED) is 0.830. The van der Waals surface area contributed by atoms with Crippen LogP contribution in [0.25, 0.3) is 0 Å². The number of H-pyrrole nitrogens is 1.